The summed E-state index contributed by atoms with van der Waals surface area (Å²) < 4.78 is 13.0. The lowest BCUT2D eigenvalue weighted by atomic mass is 10.2. The van der Waals surface area contributed by atoms with Gasteiger partial charge in [0.1, 0.15) is 5.82 Å². The van der Waals surface area contributed by atoms with Crippen molar-refractivity contribution in [3.63, 3.8) is 0 Å². The van der Waals surface area contributed by atoms with E-state index in [1.54, 1.807) is 0 Å². The Labute approximate surface area is 130 Å². The topological polar surface area (TPSA) is 83.1 Å². The van der Waals surface area contributed by atoms with Crippen molar-refractivity contribution in [3.8, 4) is 0 Å². The van der Waals surface area contributed by atoms with E-state index in [2.05, 4.69) is 21.2 Å². The van der Waals surface area contributed by atoms with E-state index in [0.717, 1.165) is 6.07 Å². The average molecular weight is 318 g/mol. The normalized spacial score (nSPS) is 9.68. The number of thiocarbonyl (C=S) groups is 1. The zero-order valence-electron chi connectivity index (χ0n) is 11.2. The summed E-state index contributed by atoms with van der Waals surface area (Å²) in [5, 5.41) is 2.20. The minimum atomic E-state index is -0.588. The molecule has 8 heteroatoms. The highest BCUT2D eigenvalue weighted by Crippen LogP contribution is 2.02. The third-order valence-electron chi connectivity index (χ3n) is 2.55. The number of hydrogen-bond acceptors (Lipinski definition) is 4. The monoisotopic (exact) mass is 318 g/mol. The Kier molecular flexibility index (Phi) is 5.10. The van der Waals surface area contributed by atoms with E-state index in [1.165, 1.54) is 42.7 Å². The second-order valence-corrected chi connectivity index (χ2v) is 4.52. The van der Waals surface area contributed by atoms with Crippen LogP contribution in [0.2, 0.25) is 0 Å². The van der Waals surface area contributed by atoms with E-state index in [1.807, 2.05) is 0 Å². The first-order valence-electron chi connectivity index (χ1n) is 6.13. The molecule has 112 valence electrons. The number of benzene rings is 1. The molecule has 2 amide bonds. The summed E-state index contributed by atoms with van der Waals surface area (Å²) >= 11 is 4.87. The number of aromatic nitrogens is 1. The maximum atomic E-state index is 13.0. The van der Waals surface area contributed by atoms with Crippen LogP contribution in [0.1, 0.15) is 20.7 Å². The highest BCUT2D eigenvalue weighted by Gasteiger charge is 2.09. The van der Waals surface area contributed by atoms with Crippen LogP contribution in [-0.2, 0) is 0 Å². The molecule has 0 aliphatic heterocycles. The molecule has 0 saturated carbocycles. The van der Waals surface area contributed by atoms with E-state index >= 15 is 0 Å². The molecule has 0 atom stereocenters. The number of nitrogens with one attached hydrogen (secondary N) is 3. The Morgan fingerprint density at radius 3 is 2.41 bits per heavy atom. The number of hydrogen-bond donors (Lipinski definition) is 3. The molecule has 0 bridgehead atoms. The van der Waals surface area contributed by atoms with Gasteiger partial charge in [-0.05, 0) is 42.5 Å². The summed E-state index contributed by atoms with van der Waals surface area (Å²) in [7, 11) is 0. The van der Waals surface area contributed by atoms with Gasteiger partial charge in [0.2, 0.25) is 0 Å². The molecule has 0 aliphatic rings. The Bertz CT molecular complexity index is 709. The molecule has 3 N–H and O–H groups in total. The molecule has 0 saturated heterocycles. The van der Waals surface area contributed by atoms with Gasteiger partial charge >= 0.3 is 0 Å². The molecule has 1 heterocycles. The smallest absolute Gasteiger partial charge is 0.269 e. The SMILES string of the molecule is O=C(NNC(=S)NC(=O)c1cccc(F)c1)c1ccncc1. The van der Waals surface area contributed by atoms with Crippen molar-refractivity contribution in [2.45, 2.75) is 0 Å². The minimum Gasteiger partial charge on any atom is -0.298 e. The van der Waals surface area contributed by atoms with E-state index in [0.29, 0.717) is 5.56 Å². The van der Waals surface area contributed by atoms with Crippen LogP contribution in [0.3, 0.4) is 0 Å². The van der Waals surface area contributed by atoms with E-state index in [-0.39, 0.29) is 10.7 Å². The summed E-state index contributed by atoms with van der Waals surface area (Å²) in [5.41, 5.74) is 5.19. The standard InChI is InChI=1S/C14H11FN4O2S/c15-11-3-1-2-10(8-11)12(20)17-14(22)19-18-13(21)9-4-6-16-7-5-9/h1-8H,(H,18,21)(H2,17,19,20,22). The van der Waals surface area contributed by atoms with Crippen LogP contribution < -0.4 is 16.2 Å². The summed E-state index contributed by atoms with van der Waals surface area (Å²) in [5.74, 6) is -1.56. The minimum absolute atomic E-state index is 0.114. The van der Waals surface area contributed by atoms with Gasteiger partial charge < -0.3 is 0 Å². The number of amides is 2. The maximum absolute atomic E-state index is 13.0. The van der Waals surface area contributed by atoms with Crippen LogP contribution in [0.25, 0.3) is 0 Å². The largest absolute Gasteiger partial charge is 0.298 e. The zero-order valence-corrected chi connectivity index (χ0v) is 12.0. The lowest BCUT2D eigenvalue weighted by Gasteiger charge is -2.10. The number of pyridine rings is 1. The number of nitrogens with zero attached hydrogens (tertiary/aromatic N) is 1. The van der Waals surface area contributed by atoms with Crippen molar-refractivity contribution in [1.82, 2.24) is 21.2 Å². The van der Waals surface area contributed by atoms with Crippen LogP contribution in [-0.4, -0.2) is 21.9 Å². The molecule has 0 aliphatic carbocycles. The highest BCUT2D eigenvalue weighted by molar-refractivity contribution is 7.80. The van der Waals surface area contributed by atoms with Crippen LogP contribution in [0.4, 0.5) is 4.39 Å². The molecule has 1 aromatic carbocycles. The van der Waals surface area contributed by atoms with Gasteiger partial charge in [0.25, 0.3) is 11.8 Å². The molecule has 22 heavy (non-hydrogen) atoms. The van der Waals surface area contributed by atoms with Gasteiger partial charge in [-0.1, -0.05) is 6.07 Å². The highest BCUT2D eigenvalue weighted by atomic mass is 32.1. The van der Waals surface area contributed by atoms with Crippen LogP contribution >= 0.6 is 12.2 Å². The van der Waals surface area contributed by atoms with Gasteiger partial charge in [-0.25, -0.2) is 4.39 Å². The second kappa shape index (κ2) is 7.23. The summed E-state index contributed by atoms with van der Waals surface area (Å²) in [4.78, 5) is 27.3. The molecule has 1 aromatic heterocycles. The summed E-state index contributed by atoms with van der Waals surface area (Å²) in [6.07, 6.45) is 2.94. The molecule has 0 radical (unpaired) electrons. The number of halogens is 1. The quantitative estimate of drug-likeness (QED) is 0.572. The molecule has 2 rings (SSSR count). The lowest BCUT2D eigenvalue weighted by molar-refractivity contribution is 0.0934. The molecule has 2 aromatic rings. The first kappa shape index (κ1) is 15.5. The van der Waals surface area contributed by atoms with Gasteiger partial charge in [-0.3, -0.25) is 30.7 Å². The number of hydrazine groups is 1. The van der Waals surface area contributed by atoms with Crippen molar-refractivity contribution in [2.24, 2.45) is 0 Å². The number of rotatable bonds is 2. The first-order chi connectivity index (χ1) is 10.6. The molecule has 0 spiro atoms. The predicted octanol–water partition coefficient (Wildman–Crippen LogP) is 1.17. The molecule has 6 nitrogen and oxygen atoms in total. The van der Waals surface area contributed by atoms with Crippen LogP contribution in [0, 0.1) is 5.82 Å². The first-order valence-corrected chi connectivity index (χ1v) is 6.54. The third-order valence-corrected chi connectivity index (χ3v) is 2.75. The summed E-state index contributed by atoms with van der Waals surface area (Å²) in [6, 6.07) is 8.19. The van der Waals surface area contributed by atoms with Gasteiger partial charge in [0.05, 0.1) is 0 Å². The van der Waals surface area contributed by atoms with E-state index in [9.17, 15) is 14.0 Å². The third kappa shape index (κ3) is 4.32. The fourth-order valence-electron chi connectivity index (χ4n) is 1.53. The van der Waals surface area contributed by atoms with Gasteiger partial charge in [0.15, 0.2) is 5.11 Å². The van der Waals surface area contributed by atoms with Crippen molar-refractivity contribution >= 4 is 29.1 Å². The van der Waals surface area contributed by atoms with Gasteiger partial charge in [-0.2, -0.15) is 0 Å². The maximum Gasteiger partial charge on any atom is 0.269 e. The Hall–Kier alpha value is -2.87. The number of carbonyl (C=O) groups excluding carboxylic acids is 2. The van der Waals surface area contributed by atoms with Gasteiger partial charge in [-0.15, -0.1) is 0 Å². The fraction of sp³-hybridized carbons (Fsp3) is 0. The molecule has 0 fully saturated rings. The van der Waals surface area contributed by atoms with Crippen LogP contribution in [0.15, 0.2) is 48.8 Å². The second-order valence-electron chi connectivity index (χ2n) is 4.11. The van der Waals surface area contributed by atoms with Crippen molar-refractivity contribution in [2.75, 3.05) is 0 Å². The Morgan fingerprint density at radius 1 is 1.00 bits per heavy atom. The number of carbonyl (C=O) groups is 2. The predicted molar refractivity (Wildman–Crippen MR) is 81.3 cm³/mol. The van der Waals surface area contributed by atoms with Crippen molar-refractivity contribution in [1.29, 1.82) is 0 Å². The Morgan fingerprint density at radius 2 is 1.73 bits per heavy atom. The average Bonchev–Trinajstić information content (AvgIpc) is 2.53. The zero-order chi connectivity index (χ0) is 15.9. The molecule has 0 unspecified atom stereocenters. The van der Waals surface area contributed by atoms with E-state index in [4.69, 9.17) is 12.2 Å². The molecular weight excluding hydrogens is 307 g/mol. The summed E-state index contributed by atoms with van der Waals surface area (Å²) in [6.45, 7) is 0. The van der Waals surface area contributed by atoms with Crippen molar-refractivity contribution in [3.05, 3.63) is 65.7 Å². The Balaban J connectivity index is 1.86. The molecular formula is C14H11FN4O2S. The lowest BCUT2D eigenvalue weighted by Crippen LogP contribution is -2.48. The van der Waals surface area contributed by atoms with E-state index < -0.39 is 17.6 Å². The van der Waals surface area contributed by atoms with Crippen molar-refractivity contribution < 1.29 is 14.0 Å². The van der Waals surface area contributed by atoms with Gasteiger partial charge in [0, 0.05) is 23.5 Å². The van der Waals surface area contributed by atoms with Crippen LogP contribution in [0.5, 0.6) is 0 Å². The fourth-order valence-corrected chi connectivity index (χ4v) is 1.67.